The van der Waals surface area contributed by atoms with E-state index in [1.54, 1.807) is 37.3 Å². The van der Waals surface area contributed by atoms with E-state index >= 15 is 0 Å². The van der Waals surface area contributed by atoms with Crippen molar-refractivity contribution in [3.05, 3.63) is 47.8 Å². The van der Waals surface area contributed by atoms with Crippen LogP contribution in [0.3, 0.4) is 0 Å². The topological polar surface area (TPSA) is 50.7 Å². The van der Waals surface area contributed by atoms with E-state index in [2.05, 4.69) is 20.3 Å². The second-order valence-corrected chi connectivity index (χ2v) is 4.99. The summed E-state index contributed by atoms with van der Waals surface area (Å²) < 4.78 is 40.6. The molecule has 0 aliphatic rings. The zero-order chi connectivity index (χ0) is 16.6. The highest BCUT2D eigenvalue weighted by Gasteiger charge is 2.35. The molecule has 0 spiro atoms. The number of pyridine rings is 1. The number of rotatable bonds is 2. The summed E-state index contributed by atoms with van der Waals surface area (Å²) in [7, 11) is 1.52. The van der Waals surface area contributed by atoms with Crippen molar-refractivity contribution in [1.82, 2.24) is 15.0 Å². The largest absolute Gasteiger partial charge is 0.417 e. The molecule has 7 heteroatoms. The Morgan fingerprint density at radius 2 is 1.70 bits per heavy atom. The summed E-state index contributed by atoms with van der Waals surface area (Å²) in [5, 5.41) is 2.57. The molecule has 0 aliphatic carbocycles. The minimum atomic E-state index is -4.53. The van der Waals surface area contributed by atoms with Crippen LogP contribution < -0.4 is 5.32 Å². The summed E-state index contributed by atoms with van der Waals surface area (Å²) in [6, 6.07) is 9.75. The lowest BCUT2D eigenvalue weighted by Crippen LogP contribution is -2.11. The molecule has 2 aromatic heterocycles. The maximum Gasteiger partial charge on any atom is 0.417 e. The van der Waals surface area contributed by atoms with Gasteiger partial charge in [-0.1, -0.05) is 30.3 Å². The maximum absolute atomic E-state index is 13.5. The number of aromatic nitrogens is 3. The average molecular weight is 318 g/mol. The number of nitrogens with one attached hydrogen (secondary N) is 1. The summed E-state index contributed by atoms with van der Waals surface area (Å²) in [6.45, 7) is 1.62. The molecule has 23 heavy (non-hydrogen) atoms. The van der Waals surface area contributed by atoms with E-state index < -0.39 is 11.7 Å². The van der Waals surface area contributed by atoms with Gasteiger partial charge in [0.2, 0.25) is 0 Å². The van der Waals surface area contributed by atoms with E-state index in [9.17, 15) is 13.2 Å². The van der Waals surface area contributed by atoms with Gasteiger partial charge in [0.15, 0.2) is 5.65 Å². The van der Waals surface area contributed by atoms with Gasteiger partial charge in [-0.3, -0.25) is 0 Å². The number of fused-ring (bicyclic) bond motifs is 1. The SMILES string of the molecule is CNc1nc(C)nc2nc(-c3ccccc3)cc(C(F)(F)F)c12. The highest BCUT2D eigenvalue weighted by Crippen LogP contribution is 2.38. The molecule has 3 aromatic rings. The number of hydrogen-bond acceptors (Lipinski definition) is 4. The van der Waals surface area contributed by atoms with Gasteiger partial charge in [-0.25, -0.2) is 15.0 Å². The fourth-order valence-corrected chi connectivity index (χ4v) is 2.40. The number of hydrogen-bond donors (Lipinski definition) is 1. The van der Waals surface area contributed by atoms with Gasteiger partial charge in [0, 0.05) is 12.6 Å². The maximum atomic E-state index is 13.5. The summed E-state index contributed by atoms with van der Waals surface area (Å²) in [5.41, 5.74) is 0.0500. The molecule has 0 radical (unpaired) electrons. The zero-order valence-corrected chi connectivity index (χ0v) is 12.4. The fraction of sp³-hybridized carbons (Fsp3) is 0.188. The van der Waals surface area contributed by atoms with Gasteiger partial charge in [-0.2, -0.15) is 13.2 Å². The Morgan fingerprint density at radius 1 is 1.00 bits per heavy atom. The molecule has 0 saturated heterocycles. The van der Waals surface area contributed by atoms with Gasteiger partial charge in [-0.15, -0.1) is 0 Å². The molecule has 0 amide bonds. The van der Waals surface area contributed by atoms with Crippen LogP contribution in [0.4, 0.5) is 19.0 Å². The van der Waals surface area contributed by atoms with Crippen LogP contribution in [0.5, 0.6) is 0 Å². The number of alkyl halides is 3. The summed E-state index contributed by atoms with van der Waals surface area (Å²) in [5.74, 6) is 0.472. The number of aryl methyl sites for hydroxylation is 1. The van der Waals surface area contributed by atoms with Gasteiger partial charge < -0.3 is 5.32 Å². The van der Waals surface area contributed by atoms with Crippen molar-refractivity contribution in [1.29, 1.82) is 0 Å². The number of anilines is 1. The molecule has 0 unspecified atom stereocenters. The van der Waals surface area contributed by atoms with Crippen molar-refractivity contribution >= 4 is 16.9 Å². The van der Waals surface area contributed by atoms with Gasteiger partial charge in [0.05, 0.1) is 16.6 Å². The van der Waals surface area contributed by atoms with E-state index in [1.165, 1.54) is 7.05 Å². The second-order valence-electron chi connectivity index (χ2n) is 4.99. The molecule has 2 heterocycles. The molecule has 0 aliphatic heterocycles. The van der Waals surface area contributed by atoms with Crippen LogP contribution in [0.25, 0.3) is 22.3 Å². The predicted molar refractivity (Wildman–Crippen MR) is 82.1 cm³/mol. The van der Waals surface area contributed by atoms with E-state index in [0.29, 0.717) is 11.4 Å². The van der Waals surface area contributed by atoms with Crippen molar-refractivity contribution < 1.29 is 13.2 Å². The average Bonchev–Trinajstić information content (AvgIpc) is 2.52. The van der Waals surface area contributed by atoms with E-state index in [4.69, 9.17) is 0 Å². The third-order valence-corrected chi connectivity index (χ3v) is 3.39. The lowest BCUT2D eigenvalue weighted by atomic mass is 10.1. The monoisotopic (exact) mass is 318 g/mol. The number of halogens is 3. The van der Waals surface area contributed by atoms with E-state index in [1.807, 2.05) is 0 Å². The van der Waals surface area contributed by atoms with Crippen LogP contribution in [-0.2, 0) is 6.18 Å². The zero-order valence-electron chi connectivity index (χ0n) is 12.4. The van der Waals surface area contributed by atoms with Gasteiger partial charge in [0.1, 0.15) is 11.6 Å². The highest BCUT2D eigenvalue weighted by molar-refractivity contribution is 5.92. The van der Waals surface area contributed by atoms with Crippen molar-refractivity contribution in [2.24, 2.45) is 0 Å². The molecule has 0 atom stereocenters. The smallest absolute Gasteiger partial charge is 0.372 e. The molecular weight excluding hydrogens is 305 g/mol. The third-order valence-electron chi connectivity index (χ3n) is 3.39. The fourth-order valence-electron chi connectivity index (χ4n) is 2.40. The Morgan fingerprint density at radius 3 is 2.30 bits per heavy atom. The first-order chi connectivity index (χ1) is 10.9. The minimum Gasteiger partial charge on any atom is -0.372 e. The van der Waals surface area contributed by atoms with E-state index in [0.717, 1.165) is 6.07 Å². The molecule has 0 bridgehead atoms. The number of benzene rings is 1. The molecule has 0 fully saturated rings. The van der Waals surface area contributed by atoms with Crippen molar-refractivity contribution in [2.75, 3.05) is 12.4 Å². The van der Waals surface area contributed by atoms with Crippen LogP contribution in [0.15, 0.2) is 36.4 Å². The van der Waals surface area contributed by atoms with Gasteiger partial charge >= 0.3 is 6.18 Å². The normalized spacial score (nSPS) is 11.7. The van der Waals surface area contributed by atoms with Crippen LogP contribution >= 0.6 is 0 Å². The molecule has 3 rings (SSSR count). The standard InChI is InChI=1S/C16H13F3N4/c1-9-21-14(20-2)13-11(16(17,18)19)8-12(23-15(13)22-9)10-6-4-3-5-7-10/h3-8H,1-2H3,(H,20,21,22,23). The summed E-state index contributed by atoms with van der Waals surface area (Å²) >= 11 is 0. The minimum absolute atomic E-state index is 0.0236. The number of nitrogens with zero attached hydrogens (tertiary/aromatic N) is 3. The van der Waals surface area contributed by atoms with Gasteiger partial charge in [-0.05, 0) is 13.0 Å². The summed E-state index contributed by atoms with van der Waals surface area (Å²) in [6.07, 6.45) is -4.53. The van der Waals surface area contributed by atoms with Crippen LogP contribution in [0.2, 0.25) is 0 Å². The summed E-state index contributed by atoms with van der Waals surface area (Å²) in [4.78, 5) is 12.4. The van der Waals surface area contributed by atoms with Crippen LogP contribution in [-0.4, -0.2) is 22.0 Å². The Labute approximate surface area is 130 Å². The van der Waals surface area contributed by atoms with Crippen molar-refractivity contribution in [3.8, 4) is 11.3 Å². The van der Waals surface area contributed by atoms with E-state index in [-0.39, 0.29) is 22.5 Å². The molecule has 0 saturated carbocycles. The first-order valence-corrected chi connectivity index (χ1v) is 6.90. The molecule has 4 nitrogen and oxygen atoms in total. The molecule has 118 valence electrons. The quantitative estimate of drug-likeness (QED) is 0.774. The van der Waals surface area contributed by atoms with Gasteiger partial charge in [0.25, 0.3) is 0 Å². The Balaban J connectivity index is 2.40. The predicted octanol–water partition coefficient (Wildman–Crippen LogP) is 4.06. The molecule has 1 N–H and O–H groups in total. The second kappa shape index (κ2) is 5.49. The van der Waals surface area contributed by atoms with Crippen molar-refractivity contribution in [3.63, 3.8) is 0 Å². The lowest BCUT2D eigenvalue weighted by Gasteiger charge is -2.15. The first kappa shape index (κ1) is 15.2. The Hall–Kier alpha value is -2.70. The lowest BCUT2D eigenvalue weighted by molar-refractivity contribution is -0.136. The van der Waals surface area contributed by atoms with Crippen LogP contribution in [0.1, 0.15) is 11.4 Å². The Bertz CT molecular complexity index is 861. The highest BCUT2D eigenvalue weighted by atomic mass is 19.4. The molecular formula is C16H13F3N4. The third kappa shape index (κ3) is 2.81. The molecule has 1 aromatic carbocycles. The first-order valence-electron chi connectivity index (χ1n) is 6.90. The van der Waals surface area contributed by atoms with Crippen molar-refractivity contribution in [2.45, 2.75) is 13.1 Å². The Kier molecular flexibility index (Phi) is 3.63. The van der Waals surface area contributed by atoms with Crippen LogP contribution in [0, 0.1) is 6.92 Å².